The molecule has 0 aliphatic carbocycles. The molecule has 5 heteroatoms. The molecule has 0 saturated carbocycles. The Bertz CT molecular complexity index is 671. The number of nitrogens with one attached hydrogen (secondary N) is 1. The molecule has 0 atom stereocenters. The summed E-state index contributed by atoms with van der Waals surface area (Å²) < 4.78 is 0. The van der Waals surface area contributed by atoms with Crippen molar-refractivity contribution in [2.45, 2.75) is 13.3 Å². The first kappa shape index (κ1) is 15.7. The Morgan fingerprint density at radius 1 is 1.19 bits per heavy atom. The van der Waals surface area contributed by atoms with Crippen molar-refractivity contribution < 1.29 is 9.90 Å². The SMILES string of the molecule is Cc1cc(C(=O)O)ccc1NCCc1ccc(Cl)cc1Cl. The fourth-order valence-electron chi connectivity index (χ4n) is 2.05. The van der Waals surface area contributed by atoms with Crippen molar-refractivity contribution in [2.24, 2.45) is 0 Å². The van der Waals surface area contributed by atoms with Crippen molar-refractivity contribution in [3.05, 3.63) is 63.1 Å². The van der Waals surface area contributed by atoms with Crippen LogP contribution in [0.25, 0.3) is 0 Å². The normalized spacial score (nSPS) is 10.4. The molecule has 0 unspecified atom stereocenters. The molecule has 21 heavy (non-hydrogen) atoms. The zero-order valence-corrected chi connectivity index (χ0v) is 13.0. The maximum atomic E-state index is 10.9. The lowest BCUT2D eigenvalue weighted by Gasteiger charge is -2.11. The van der Waals surface area contributed by atoms with E-state index in [0.717, 1.165) is 23.2 Å². The maximum absolute atomic E-state index is 10.9. The molecule has 3 nitrogen and oxygen atoms in total. The van der Waals surface area contributed by atoms with E-state index >= 15 is 0 Å². The van der Waals surface area contributed by atoms with Crippen molar-refractivity contribution >= 4 is 34.9 Å². The number of hydrogen-bond acceptors (Lipinski definition) is 2. The Hall–Kier alpha value is -1.71. The number of carboxylic acid groups (broad SMARTS) is 1. The van der Waals surface area contributed by atoms with Crippen LogP contribution in [0.2, 0.25) is 10.0 Å². The van der Waals surface area contributed by atoms with Crippen LogP contribution >= 0.6 is 23.2 Å². The zero-order valence-electron chi connectivity index (χ0n) is 11.5. The Kier molecular flexibility index (Phi) is 5.10. The molecular formula is C16H15Cl2NO2. The first-order valence-electron chi connectivity index (χ1n) is 6.49. The minimum absolute atomic E-state index is 0.291. The summed E-state index contributed by atoms with van der Waals surface area (Å²) in [5.74, 6) is -0.919. The van der Waals surface area contributed by atoms with Gasteiger partial charge in [0.2, 0.25) is 0 Å². The molecule has 2 N–H and O–H groups in total. The molecule has 0 heterocycles. The quantitative estimate of drug-likeness (QED) is 0.841. The monoisotopic (exact) mass is 323 g/mol. The highest BCUT2D eigenvalue weighted by Gasteiger charge is 2.06. The summed E-state index contributed by atoms with van der Waals surface area (Å²) in [6, 6.07) is 10.5. The van der Waals surface area contributed by atoms with E-state index in [9.17, 15) is 4.79 Å². The summed E-state index contributed by atoms with van der Waals surface area (Å²) in [6.45, 7) is 2.58. The lowest BCUT2D eigenvalue weighted by atomic mass is 10.1. The highest BCUT2D eigenvalue weighted by molar-refractivity contribution is 6.35. The third kappa shape index (κ3) is 4.13. The second-order valence-corrected chi connectivity index (χ2v) is 5.59. The van der Waals surface area contributed by atoms with E-state index in [4.69, 9.17) is 28.3 Å². The van der Waals surface area contributed by atoms with E-state index in [1.165, 1.54) is 0 Å². The molecule has 2 aromatic carbocycles. The van der Waals surface area contributed by atoms with Gasteiger partial charge in [0, 0.05) is 22.3 Å². The lowest BCUT2D eigenvalue weighted by molar-refractivity contribution is 0.0697. The molecule has 2 aromatic rings. The molecule has 0 saturated heterocycles. The van der Waals surface area contributed by atoms with Crippen LogP contribution in [0, 0.1) is 6.92 Å². The predicted octanol–water partition coefficient (Wildman–Crippen LogP) is 4.65. The van der Waals surface area contributed by atoms with Gasteiger partial charge in [-0.1, -0.05) is 29.3 Å². The van der Waals surface area contributed by atoms with Crippen molar-refractivity contribution in [2.75, 3.05) is 11.9 Å². The van der Waals surface area contributed by atoms with Crippen molar-refractivity contribution in [1.29, 1.82) is 0 Å². The third-order valence-corrected chi connectivity index (χ3v) is 3.79. The van der Waals surface area contributed by atoms with Crippen LogP contribution in [0.15, 0.2) is 36.4 Å². The molecule has 0 amide bonds. The Morgan fingerprint density at radius 3 is 2.57 bits per heavy atom. The minimum atomic E-state index is -0.919. The first-order chi connectivity index (χ1) is 9.97. The van der Waals surface area contributed by atoms with Gasteiger partial charge in [-0.05, 0) is 54.8 Å². The van der Waals surface area contributed by atoms with Gasteiger partial charge in [-0.25, -0.2) is 4.79 Å². The molecule has 0 aromatic heterocycles. The predicted molar refractivity (Wildman–Crippen MR) is 86.8 cm³/mol. The van der Waals surface area contributed by atoms with E-state index in [2.05, 4.69) is 5.32 Å². The summed E-state index contributed by atoms with van der Waals surface area (Å²) in [4.78, 5) is 10.9. The van der Waals surface area contributed by atoms with Crippen LogP contribution in [0.4, 0.5) is 5.69 Å². The van der Waals surface area contributed by atoms with Gasteiger partial charge in [0.1, 0.15) is 0 Å². The van der Waals surface area contributed by atoms with E-state index in [0.29, 0.717) is 22.2 Å². The van der Waals surface area contributed by atoms with Gasteiger partial charge in [0.15, 0.2) is 0 Å². The topological polar surface area (TPSA) is 49.3 Å². The zero-order chi connectivity index (χ0) is 15.4. The number of halogens is 2. The molecular weight excluding hydrogens is 309 g/mol. The molecule has 0 bridgehead atoms. The van der Waals surface area contributed by atoms with Gasteiger partial charge in [-0.3, -0.25) is 0 Å². The second kappa shape index (κ2) is 6.83. The number of rotatable bonds is 5. The molecule has 0 aliphatic rings. The molecule has 0 aliphatic heterocycles. The number of carbonyl (C=O) groups is 1. The second-order valence-electron chi connectivity index (χ2n) is 4.75. The molecule has 2 rings (SSSR count). The maximum Gasteiger partial charge on any atom is 0.335 e. The van der Waals surface area contributed by atoms with E-state index in [-0.39, 0.29) is 0 Å². The average Bonchev–Trinajstić information content (AvgIpc) is 2.42. The standard InChI is InChI=1S/C16H15Cl2NO2/c1-10-8-12(16(20)21)3-5-15(10)19-7-6-11-2-4-13(17)9-14(11)18/h2-5,8-9,19H,6-7H2,1H3,(H,20,21). The molecule has 0 fully saturated rings. The summed E-state index contributed by atoms with van der Waals surface area (Å²) >= 11 is 12.0. The van der Waals surface area contributed by atoms with Crippen molar-refractivity contribution in [1.82, 2.24) is 0 Å². The molecule has 110 valence electrons. The Morgan fingerprint density at radius 2 is 1.95 bits per heavy atom. The number of aryl methyl sites for hydroxylation is 1. The van der Waals surface area contributed by atoms with Crippen LogP contribution in [-0.4, -0.2) is 17.6 Å². The number of carboxylic acids is 1. The van der Waals surface area contributed by atoms with Gasteiger partial charge in [-0.2, -0.15) is 0 Å². The summed E-state index contributed by atoms with van der Waals surface area (Å²) in [6.07, 6.45) is 0.760. The first-order valence-corrected chi connectivity index (χ1v) is 7.24. The van der Waals surface area contributed by atoms with Crippen LogP contribution in [-0.2, 0) is 6.42 Å². The van der Waals surface area contributed by atoms with Gasteiger partial charge < -0.3 is 10.4 Å². The van der Waals surface area contributed by atoms with Gasteiger partial charge in [0.25, 0.3) is 0 Å². The van der Waals surface area contributed by atoms with Gasteiger partial charge >= 0.3 is 5.97 Å². The van der Waals surface area contributed by atoms with Gasteiger partial charge in [0.05, 0.1) is 5.56 Å². The summed E-state index contributed by atoms with van der Waals surface area (Å²) in [7, 11) is 0. The van der Waals surface area contributed by atoms with Crippen LogP contribution in [0.1, 0.15) is 21.5 Å². The molecule has 0 spiro atoms. The lowest BCUT2D eigenvalue weighted by Crippen LogP contribution is -2.07. The highest BCUT2D eigenvalue weighted by Crippen LogP contribution is 2.22. The van der Waals surface area contributed by atoms with Crippen LogP contribution in [0.5, 0.6) is 0 Å². The number of hydrogen-bond donors (Lipinski definition) is 2. The largest absolute Gasteiger partial charge is 0.478 e. The Labute approximate surface area is 133 Å². The smallest absolute Gasteiger partial charge is 0.335 e. The van der Waals surface area contributed by atoms with Crippen molar-refractivity contribution in [3.63, 3.8) is 0 Å². The fraction of sp³-hybridized carbons (Fsp3) is 0.188. The van der Waals surface area contributed by atoms with Crippen molar-refractivity contribution in [3.8, 4) is 0 Å². The van der Waals surface area contributed by atoms with E-state index < -0.39 is 5.97 Å². The van der Waals surface area contributed by atoms with E-state index in [1.807, 2.05) is 19.1 Å². The average molecular weight is 324 g/mol. The van der Waals surface area contributed by atoms with Crippen LogP contribution < -0.4 is 5.32 Å². The minimum Gasteiger partial charge on any atom is -0.478 e. The number of anilines is 1. The third-order valence-electron chi connectivity index (χ3n) is 3.20. The van der Waals surface area contributed by atoms with Crippen LogP contribution in [0.3, 0.4) is 0 Å². The summed E-state index contributed by atoms with van der Waals surface area (Å²) in [5, 5.41) is 13.5. The Balaban J connectivity index is 1.99. The fourth-order valence-corrected chi connectivity index (χ4v) is 2.55. The molecule has 0 radical (unpaired) electrons. The van der Waals surface area contributed by atoms with E-state index in [1.54, 1.807) is 24.3 Å². The summed E-state index contributed by atoms with van der Waals surface area (Å²) in [5.41, 5.74) is 3.13. The van der Waals surface area contributed by atoms with Gasteiger partial charge in [-0.15, -0.1) is 0 Å². The highest BCUT2D eigenvalue weighted by atomic mass is 35.5. The number of benzene rings is 2. The number of aromatic carboxylic acids is 1.